The topological polar surface area (TPSA) is 79.4 Å². The Morgan fingerprint density at radius 2 is 2.00 bits per heavy atom. The monoisotopic (exact) mass is 395 g/mol. The predicted molar refractivity (Wildman–Crippen MR) is 113 cm³/mol. The lowest BCUT2D eigenvalue weighted by molar-refractivity contribution is 0.0600. The molecule has 1 saturated heterocycles. The zero-order valence-electron chi connectivity index (χ0n) is 16.9. The van der Waals surface area contributed by atoms with Crippen molar-refractivity contribution in [2.45, 2.75) is 25.2 Å². The molecule has 1 fully saturated rings. The van der Waals surface area contributed by atoms with Crippen molar-refractivity contribution in [3.05, 3.63) is 47.8 Å². The van der Waals surface area contributed by atoms with Crippen molar-refractivity contribution in [2.75, 3.05) is 50.1 Å². The standard InChI is InChI=1S/C22H29N5O2/c1-29-21(28)18-14-25-22(26-15-18)27-10-7-16(8-11-27)12-23-9-6-17-13-24-20-5-3-2-4-19(17)20/h2-5,14-17,23-24H,6-13H2,1H3. The Morgan fingerprint density at radius 1 is 1.24 bits per heavy atom. The molecule has 29 heavy (non-hydrogen) atoms. The van der Waals surface area contributed by atoms with Crippen molar-refractivity contribution < 1.29 is 9.53 Å². The molecule has 1 aromatic carbocycles. The lowest BCUT2D eigenvalue weighted by atomic mass is 9.96. The van der Waals surface area contributed by atoms with Crippen molar-refractivity contribution in [1.82, 2.24) is 15.3 Å². The summed E-state index contributed by atoms with van der Waals surface area (Å²) < 4.78 is 4.69. The van der Waals surface area contributed by atoms with Gasteiger partial charge in [-0.2, -0.15) is 0 Å². The minimum Gasteiger partial charge on any atom is -0.465 e. The fourth-order valence-corrected chi connectivity index (χ4v) is 4.24. The van der Waals surface area contributed by atoms with E-state index in [0.717, 1.165) is 45.6 Å². The number of fused-ring (bicyclic) bond motifs is 1. The van der Waals surface area contributed by atoms with Crippen molar-refractivity contribution in [3.8, 4) is 0 Å². The van der Waals surface area contributed by atoms with Crippen LogP contribution in [0, 0.1) is 5.92 Å². The van der Waals surface area contributed by atoms with Gasteiger partial charge >= 0.3 is 5.97 Å². The Kier molecular flexibility index (Phi) is 6.24. The molecule has 2 aliphatic heterocycles. The molecule has 2 aromatic rings. The van der Waals surface area contributed by atoms with Gasteiger partial charge in [-0.05, 0) is 49.9 Å². The van der Waals surface area contributed by atoms with Gasteiger partial charge in [0.2, 0.25) is 5.95 Å². The third-order valence-electron chi connectivity index (χ3n) is 6.00. The SMILES string of the molecule is COC(=O)c1cnc(N2CCC(CNCCC3CNc4ccccc43)CC2)nc1. The van der Waals surface area contributed by atoms with Crippen molar-refractivity contribution in [2.24, 2.45) is 5.92 Å². The zero-order valence-corrected chi connectivity index (χ0v) is 16.9. The number of nitrogens with one attached hydrogen (secondary N) is 2. The van der Waals surface area contributed by atoms with Gasteiger partial charge in [-0.15, -0.1) is 0 Å². The van der Waals surface area contributed by atoms with Gasteiger partial charge in [0.05, 0.1) is 12.7 Å². The Labute approximate surface area is 171 Å². The highest BCUT2D eigenvalue weighted by Gasteiger charge is 2.23. The number of hydrogen-bond acceptors (Lipinski definition) is 7. The molecule has 3 heterocycles. The van der Waals surface area contributed by atoms with E-state index in [9.17, 15) is 4.79 Å². The molecular weight excluding hydrogens is 366 g/mol. The maximum Gasteiger partial charge on any atom is 0.341 e. The van der Waals surface area contributed by atoms with Crippen LogP contribution in [0.2, 0.25) is 0 Å². The van der Waals surface area contributed by atoms with Crippen LogP contribution >= 0.6 is 0 Å². The molecule has 0 amide bonds. The number of nitrogens with zero attached hydrogens (tertiary/aromatic N) is 3. The number of esters is 1. The quantitative estimate of drug-likeness (QED) is 0.551. The van der Waals surface area contributed by atoms with Gasteiger partial charge in [0.25, 0.3) is 0 Å². The summed E-state index contributed by atoms with van der Waals surface area (Å²) in [5.74, 6) is 1.59. The van der Waals surface area contributed by atoms with Gasteiger partial charge in [0, 0.05) is 43.6 Å². The van der Waals surface area contributed by atoms with E-state index in [1.165, 1.54) is 37.2 Å². The minimum absolute atomic E-state index is 0.385. The van der Waals surface area contributed by atoms with Gasteiger partial charge < -0.3 is 20.3 Å². The smallest absolute Gasteiger partial charge is 0.341 e. The van der Waals surface area contributed by atoms with E-state index in [4.69, 9.17) is 0 Å². The second-order valence-corrected chi connectivity index (χ2v) is 7.85. The van der Waals surface area contributed by atoms with Crippen LogP contribution in [0.15, 0.2) is 36.7 Å². The van der Waals surface area contributed by atoms with E-state index in [0.29, 0.717) is 23.3 Å². The summed E-state index contributed by atoms with van der Waals surface area (Å²) in [7, 11) is 1.36. The zero-order chi connectivity index (χ0) is 20.1. The molecule has 1 aromatic heterocycles. The van der Waals surface area contributed by atoms with Crippen LogP contribution in [-0.4, -0.2) is 55.8 Å². The summed E-state index contributed by atoms with van der Waals surface area (Å²) in [5.41, 5.74) is 3.14. The number of ether oxygens (including phenoxy) is 1. The molecule has 1 unspecified atom stereocenters. The maximum atomic E-state index is 11.5. The molecule has 7 nitrogen and oxygen atoms in total. The summed E-state index contributed by atoms with van der Waals surface area (Å²) in [6, 6.07) is 8.64. The summed E-state index contributed by atoms with van der Waals surface area (Å²) in [6.45, 7) is 5.07. The first kappa shape index (κ1) is 19.6. The first-order valence-corrected chi connectivity index (χ1v) is 10.4. The fourth-order valence-electron chi connectivity index (χ4n) is 4.24. The number of methoxy groups -OCH3 is 1. The van der Waals surface area contributed by atoms with E-state index in [2.05, 4.69) is 54.5 Å². The molecule has 0 bridgehead atoms. The van der Waals surface area contributed by atoms with Crippen molar-refractivity contribution in [1.29, 1.82) is 0 Å². The lowest BCUT2D eigenvalue weighted by Gasteiger charge is -2.32. The van der Waals surface area contributed by atoms with Gasteiger partial charge in [0.1, 0.15) is 0 Å². The summed E-state index contributed by atoms with van der Waals surface area (Å²) in [4.78, 5) is 22.3. The number of anilines is 2. The van der Waals surface area contributed by atoms with Crippen LogP contribution in [0.4, 0.5) is 11.6 Å². The highest BCUT2D eigenvalue weighted by atomic mass is 16.5. The number of rotatable bonds is 7. The summed E-state index contributed by atoms with van der Waals surface area (Å²) in [6.07, 6.45) is 6.50. The van der Waals surface area contributed by atoms with E-state index in [1.807, 2.05) is 0 Å². The molecule has 2 aliphatic rings. The highest BCUT2D eigenvalue weighted by Crippen LogP contribution is 2.32. The van der Waals surface area contributed by atoms with E-state index < -0.39 is 5.97 Å². The van der Waals surface area contributed by atoms with Crippen LogP contribution in [0.3, 0.4) is 0 Å². The number of benzene rings is 1. The van der Waals surface area contributed by atoms with Crippen LogP contribution in [0.1, 0.15) is 41.1 Å². The number of piperidine rings is 1. The second-order valence-electron chi connectivity index (χ2n) is 7.85. The Hall–Kier alpha value is -2.67. The van der Waals surface area contributed by atoms with E-state index in [-0.39, 0.29) is 0 Å². The summed E-state index contributed by atoms with van der Waals surface area (Å²) >= 11 is 0. The Balaban J connectivity index is 1.17. The van der Waals surface area contributed by atoms with Gasteiger partial charge in [-0.25, -0.2) is 14.8 Å². The fraction of sp³-hybridized carbons (Fsp3) is 0.500. The number of hydrogen-bond donors (Lipinski definition) is 2. The Morgan fingerprint density at radius 3 is 2.76 bits per heavy atom. The van der Waals surface area contributed by atoms with Crippen LogP contribution in [-0.2, 0) is 4.74 Å². The molecule has 2 N–H and O–H groups in total. The highest BCUT2D eigenvalue weighted by molar-refractivity contribution is 5.88. The molecule has 0 aliphatic carbocycles. The normalized spacial score (nSPS) is 18.9. The van der Waals surface area contributed by atoms with Gasteiger partial charge in [0.15, 0.2) is 0 Å². The first-order valence-electron chi connectivity index (χ1n) is 10.4. The molecular formula is C22H29N5O2. The predicted octanol–water partition coefficient (Wildman–Crippen LogP) is 2.67. The maximum absolute atomic E-state index is 11.5. The number of aromatic nitrogens is 2. The average Bonchev–Trinajstić information content (AvgIpc) is 3.20. The van der Waals surface area contributed by atoms with Gasteiger partial charge in [-0.3, -0.25) is 0 Å². The van der Waals surface area contributed by atoms with E-state index in [1.54, 1.807) is 0 Å². The average molecular weight is 396 g/mol. The second kappa shape index (κ2) is 9.22. The molecule has 154 valence electrons. The summed E-state index contributed by atoms with van der Waals surface area (Å²) in [5, 5.41) is 7.17. The molecule has 0 radical (unpaired) electrons. The molecule has 7 heteroatoms. The largest absolute Gasteiger partial charge is 0.465 e. The third kappa shape index (κ3) is 4.67. The van der Waals surface area contributed by atoms with Crippen LogP contribution in [0.25, 0.3) is 0 Å². The molecule has 1 atom stereocenters. The third-order valence-corrected chi connectivity index (χ3v) is 6.00. The molecule has 4 rings (SSSR count). The lowest BCUT2D eigenvalue weighted by Crippen LogP contribution is -2.38. The molecule has 0 saturated carbocycles. The Bertz CT molecular complexity index is 818. The first-order chi connectivity index (χ1) is 14.2. The number of para-hydroxylation sites is 1. The molecule has 0 spiro atoms. The van der Waals surface area contributed by atoms with Gasteiger partial charge in [-0.1, -0.05) is 18.2 Å². The number of carbonyl (C=O) groups excluding carboxylic acids is 1. The van der Waals surface area contributed by atoms with Crippen LogP contribution in [0.5, 0.6) is 0 Å². The van der Waals surface area contributed by atoms with Crippen molar-refractivity contribution in [3.63, 3.8) is 0 Å². The van der Waals surface area contributed by atoms with E-state index >= 15 is 0 Å². The van der Waals surface area contributed by atoms with Crippen molar-refractivity contribution >= 4 is 17.6 Å². The number of carbonyl (C=O) groups is 1. The van der Waals surface area contributed by atoms with Crippen LogP contribution < -0.4 is 15.5 Å². The minimum atomic E-state index is -0.404.